The van der Waals surface area contributed by atoms with E-state index in [1.54, 1.807) is 0 Å². The number of nitrogens with zero attached hydrogens (tertiary/aromatic N) is 3. The molecular weight excluding hydrogens is 180 g/mol. The van der Waals surface area contributed by atoms with Crippen LogP contribution < -0.4 is 5.32 Å². The van der Waals surface area contributed by atoms with Crippen LogP contribution in [-0.4, -0.2) is 20.7 Å². The zero-order valence-electron chi connectivity index (χ0n) is 8.29. The first-order valence-electron chi connectivity index (χ1n) is 4.99. The van der Waals surface area contributed by atoms with Crippen molar-refractivity contribution in [2.75, 3.05) is 0 Å². The summed E-state index contributed by atoms with van der Waals surface area (Å²) in [7, 11) is 0. The Bertz CT molecular complexity index is 345. The van der Waals surface area contributed by atoms with E-state index in [1.165, 1.54) is 0 Å². The van der Waals surface area contributed by atoms with Crippen LogP contribution in [0.5, 0.6) is 0 Å². The van der Waals surface area contributed by atoms with E-state index in [-0.39, 0.29) is 5.91 Å². The lowest BCUT2D eigenvalue weighted by molar-refractivity contribution is -0.121. The summed E-state index contributed by atoms with van der Waals surface area (Å²) in [6.45, 7) is 3.43. The van der Waals surface area contributed by atoms with E-state index >= 15 is 0 Å². The SMILES string of the molecule is CCc1nnc2n1CCCC(=O)NC2. The highest BCUT2D eigenvalue weighted by atomic mass is 16.1. The first kappa shape index (κ1) is 9.18. The lowest BCUT2D eigenvalue weighted by Crippen LogP contribution is -2.27. The Morgan fingerprint density at radius 1 is 1.50 bits per heavy atom. The molecule has 0 unspecified atom stereocenters. The summed E-state index contributed by atoms with van der Waals surface area (Å²) < 4.78 is 2.11. The van der Waals surface area contributed by atoms with Crippen molar-refractivity contribution < 1.29 is 4.79 Å². The number of carbonyl (C=O) groups is 1. The lowest BCUT2D eigenvalue weighted by Gasteiger charge is -2.13. The van der Waals surface area contributed by atoms with Crippen molar-refractivity contribution >= 4 is 5.91 Å². The molecular formula is C9H14N4O. The second-order valence-corrected chi connectivity index (χ2v) is 3.42. The molecule has 1 aromatic rings. The highest BCUT2D eigenvalue weighted by Gasteiger charge is 2.14. The van der Waals surface area contributed by atoms with Crippen LogP contribution in [0.25, 0.3) is 0 Å². The van der Waals surface area contributed by atoms with Crippen LogP contribution in [0, 0.1) is 0 Å². The number of carbonyl (C=O) groups excluding carboxylic acids is 1. The topological polar surface area (TPSA) is 59.8 Å². The van der Waals surface area contributed by atoms with E-state index in [0.29, 0.717) is 13.0 Å². The number of nitrogens with one attached hydrogen (secondary N) is 1. The minimum Gasteiger partial charge on any atom is -0.349 e. The van der Waals surface area contributed by atoms with Crippen LogP contribution >= 0.6 is 0 Å². The van der Waals surface area contributed by atoms with Gasteiger partial charge in [0.05, 0.1) is 6.54 Å². The largest absolute Gasteiger partial charge is 0.349 e. The average molecular weight is 194 g/mol. The maximum absolute atomic E-state index is 11.2. The van der Waals surface area contributed by atoms with E-state index in [0.717, 1.165) is 31.0 Å². The minimum absolute atomic E-state index is 0.109. The molecule has 14 heavy (non-hydrogen) atoms. The monoisotopic (exact) mass is 194 g/mol. The number of rotatable bonds is 1. The third-order valence-corrected chi connectivity index (χ3v) is 2.45. The molecule has 5 nitrogen and oxygen atoms in total. The predicted octanol–water partition coefficient (Wildman–Crippen LogP) is 0.251. The van der Waals surface area contributed by atoms with Gasteiger partial charge in [0.1, 0.15) is 5.82 Å². The summed E-state index contributed by atoms with van der Waals surface area (Å²) in [6.07, 6.45) is 2.35. The molecule has 1 aromatic heterocycles. The quantitative estimate of drug-likeness (QED) is 0.697. The van der Waals surface area contributed by atoms with Gasteiger partial charge >= 0.3 is 0 Å². The van der Waals surface area contributed by atoms with Crippen molar-refractivity contribution in [2.45, 2.75) is 39.3 Å². The molecule has 0 aliphatic carbocycles. The van der Waals surface area contributed by atoms with Crippen molar-refractivity contribution in [1.82, 2.24) is 20.1 Å². The summed E-state index contributed by atoms with van der Waals surface area (Å²) >= 11 is 0. The first-order valence-corrected chi connectivity index (χ1v) is 4.99. The molecule has 0 bridgehead atoms. The molecule has 0 saturated heterocycles. The molecule has 5 heteroatoms. The van der Waals surface area contributed by atoms with Gasteiger partial charge in [0.2, 0.25) is 5.91 Å². The molecule has 0 radical (unpaired) electrons. The normalized spacial score (nSPS) is 16.8. The first-order chi connectivity index (χ1) is 6.81. The standard InChI is InChI=1S/C9H14N4O/c1-2-7-11-12-8-6-10-9(14)4-3-5-13(7)8/h2-6H2,1H3,(H,10,14). The van der Waals surface area contributed by atoms with Crippen LogP contribution in [0.3, 0.4) is 0 Å². The number of aryl methyl sites for hydroxylation is 1. The molecule has 1 aliphatic rings. The molecule has 0 saturated carbocycles. The fourth-order valence-corrected chi connectivity index (χ4v) is 1.69. The molecule has 1 N–H and O–H groups in total. The second-order valence-electron chi connectivity index (χ2n) is 3.42. The van der Waals surface area contributed by atoms with Crippen LogP contribution in [0.4, 0.5) is 0 Å². The Balaban J connectivity index is 2.25. The lowest BCUT2D eigenvalue weighted by atomic mass is 10.2. The number of hydrogen-bond donors (Lipinski definition) is 1. The van der Waals surface area contributed by atoms with Gasteiger partial charge in [-0.1, -0.05) is 6.92 Å². The molecule has 0 spiro atoms. The highest BCUT2D eigenvalue weighted by Crippen LogP contribution is 2.08. The van der Waals surface area contributed by atoms with Crippen molar-refractivity contribution in [3.05, 3.63) is 11.6 Å². The molecule has 0 atom stereocenters. The van der Waals surface area contributed by atoms with Crippen LogP contribution in [0.15, 0.2) is 0 Å². The second kappa shape index (κ2) is 3.77. The maximum Gasteiger partial charge on any atom is 0.220 e. The van der Waals surface area contributed by atoms with Gasteiger partial charge in [-0.05, 0) is 6.42 Å². The number of hydrogen-bond acceptors (Lipinski definition) is 3. The van der Waals surface area contributed by atoms with Gasteiger partial charge in [-0.2, -0.15) is 0 Å². The highest BCUT2D eigenvalue weighted by molar-refractivity contribution is 5.75. The number of aromatic nitrogens is 3. The fraction of sp³-hybridized carbons (Fsp3) is 0.667. The zero-order chi connectivity index (χ0) is 9.97. The van der Waals surface area contributed by atoms with Crippen molar-refractivity contribution in [2.24, 2.45) is 0 Å². The number of amides is 1. The molecule has 1 amide bonds. The predicted molar refractivity (Wildman–Crippen MR) is 50.5 cm³/mol. The Hall–Kier alpha value is -1.39. The summed E-state index contributed by atoms with van der Waals surface area (Å²) in [5.41, 5.74) is 0. The molecule has 2 rings (SSSR count). The van der Waals surface area contributed by atoms with E-state index in [2.05, 4.69) is 27.0 Å². The van der Waals surface area contributed by atoms with Gasteiger partial charge in [-0.15, -0.1) is 10.2 Å². The van der Waals surface area contributed by atoms with Crippen LogP contribution in [0.2, 0.25) is 0 Å². The van der Waals surface area contributed by atoms with Gasteiger partial charge in [0, 0.05) is 19.4 Å². The van der Waals surface area contributed by atoms with Gasteiger partial charge in [0.15, 0.2) is 5.82 Å². The summed E-state index contributed by atoms with van der Waals surface area (Å²) in [5.74, 6) is 1.99. The van der Waals surface area contributed by atoms with Crippen molar-refractivity contribution in [3.63, 3.8) is 0 Å². The summed E-state index contributed by atoms with van der Waals surface area (Å²) in [5, 5.41) is 11.0. The van der Waals surface area contributed by atoms with E-state index in [9.17, 15) is 4.79 Å². The van der Waals surface area contributed by atoms with Gasteiger partial charge in [0.25, 0.3) is 0 Å². The molecule has 0 aromatic carbocycles. The van der Waals surface area contributed by atoms with Crippen molar-refractivity contribution in [3.8, 4) is 0 Å². The van der Waals surface area contributed by atoms with E-state index in [1.807, 2.05) is 0 Å². The minimum atomic E-state index is 0.109. The summed E-state index contributed by atoms with van der Waals surface area (Å²) in [4.78, 5) is 11.2. The number of fused-ring (bicyclic) bond motifs is 1. The van der Waals surface area contributed by atoms with Crippen LogP contribution in [-0.2, 0) is 24.3 Å². The Kier molecular flexibility index (Phi) is 2.47. The smallest absolute Gasteiger partial charge is 0.220 e. The Morgan fingerprint density at radius 2 is 2.36 bits per heavy atom. The Labute approximate surface area is 82.5 Å². The maximum atomic E-state index is 11.2. The van der Waals surface area contributed by atoms with E-state index in [4.69, 9.17) is 0 Å². The van der Waals surface area contributed by atoms with Gasteiger partial charge in [-0.25, -0.2) is 0 Å². The summed E-state index contributed by atoms with van der Waals surface area (Å²) in [6, 6.07) is 0. The molecule has 0 fully saturated rings. The van der Waals surface area contributed by atoms with Gasteiger partial charge < -0.3 is 9.88 Å². The zero-order valence-corrected chi connectivity index (χ0v) is 8.29. The Morgan fingerprint density at radius 3 is 3.14 bits per heavy atom. The average Bonchev–Trinajstić information content (AvgIpc) is 2.54. The van der Waals surface area contributed by atoms with Crippen LogP contribution in [0.1, 0.15) is 31.4 Å². The third-order valence-electron chi connectivity index (χ3n) is 2.45. The third kappa shape index (κ3) is 1.62. The van der Waals surface area contributed by atoms with E-state index < -0.39 is 0 Å². The van der Waals surface area contributed by atoms with Gasteiger partial charge in [-0.3, -0.25) is 4.79 Å². The fourth-order valence-electron chi connectivity index (χ4n) is 1.69. The molecule has 2 heterocycles. The molecule has 1 aliphatic heterocycles. The molecule has 76 valence electrons. The van der Waals surface area contributed by atoms with Crippen molar-refractivity contribution in [1.29, 1.82) is 0 Å².